The Morgan fingerprint density at radius 2 is 2.18 bits per heavy atom. The van der Waals surface area contributed by atoms with E-state index in [0.29, 0.717) is 16.8 Å². The lowest BCUT2D eigenvalue weighted by atomic mass is 10.0. The second-order valence-electron chi connectivity index (χ2n) is 3.58. The molecule has 0 bridgehead atoms. The fourth-order valence-electron chi connectivity index (χ4n) is 1.50. The summed E-state index contributed by atoms with van der Waals surface area (Å²) < 4.78 is 13.4. The van der Waals surface area contributed by atoms with Gasteiger partial charge < -0.3 is 5.73 Å². The molecule has 0 radical (unpaired) electrons. The molecule has 2 N–H and O–H groups in total. The smallest absolute Gasteiger partial charge is 0.250 e. The highest BCUT2D eigenvalue weighted by molar-refractivity contribution is 5.99. The first-order valence-corrected chi connectivity index (χ1v) is 4.96. The molecule has 0 atom stereocenters. The Morgan fingerprint density at radius 1 is 1.41 bits per heavy atom. The maximum Gasteiger partial charge on any atom is 0.250 e. The van der Waals surface area contributed by atoms with E-state index in [1.807, 2.05) is 0 Å². The van der Waals surface area contributed by atoms with Crippen molar-refractivity contribution in [1.29, 1.82) is 0 Å². The Labute approximate surface area is 97.3 Å². The topological polar surface area (TPSA) is 68.9 Å². The summed E-state index contributed by atoms with van der Waals surface area (Å²) in [5.41, 5.74) is 6.81. The number of hydrogen-bond donors (Lipinski definition) is 1. The van der Waals surface area contributed by atoms with Crippen LogP contribution >= 0.6 is 0 Å². The van der Waals surface area contributed by atoms with Gasteiger partial charge in [-0.15, -0.1) is 0 Å². The maximum absolute atomic E-state index is 13.4. The zero-order valence-corrected chi connectivity index (χ0v) is 9.14. The van der Waals surface area contributed by atoms with Crippen LogP contribution in [0.3, 0.4) is 0 Å². The number of amides is 1. The minimum absolute atomic E-state index is 0.248. The third-order valence-corrected chi connectivity index (χ3v) is 2.42. The van der Waals surface area contributed by atoms with Gasteiger partial charge in [0.15, 0.2) is 0 Å². The molecule has 0 saturated heterocycles. The first-order chi connectivity index (χ1) is 8.09. The van der Waals surface area contributed by atoms with Crippen LogP contribution in [-0.2, 0) is 0 Å². The van der Waals surface area contributed by atoms with Gasteiger partial charge in [0.2, 0.25) is 0 Å². The standard InChI is InChI=1S/C12H10FN3O/c1-7-11(13)4-8(5-16-7)9-2-3-15-6-10(9)12(14)17/h2-6H,1H3,(H2,14,17). The van der Waals surface area contributed by atoms with Gasteiger partial charge in [-0.2, -0.15) is 0 Å². The summed E-state index contributed by atoms with van der Waals surface area (Å²) in [4.78, 5) is 18.9. The third-order valence-electron chi connectivity index (χ3n) is 2.42. The number of carbonyl (C=O) groups is 1. The number of rotatable bonds is 2. The number of nitrogens with zero attached hydrogens (tertiary/aromatic N) is 2. The van der Waals surface area contributed by atoms with E-state index >= 15 is 0 Å². The minimum Gasteiger partial charge on any atom is -0.366 e. The molecule has 0 aromatic carbocycles. The SMILES string of the molecule is Cc1ncc(-c2ccncc2C(N)=O)cc1F. The average Bonchev–Trinajstić information content (AvgIpc) is 2.32. The number of nitrogens with two attached hydrogens (primary N) is 1. The molecule has 0 aliphatic carbocycles. The molecule has 2 heterocycles. The highest BCUT2D eigenvalue weighted by Crippen LogP contribution is 2.23. The quantitative estimate of drug-likeness (QED) is 0.855. The van der Waals surface area contributed by atoms with Gasteiger partial charge in [0.1, 0.15) is 5.82 Å². The lowest BCUT2D eigenvalue weighted by Gasteiger charge is -2.06. The molecule has 2 aromatic heterocycles. The second-order valence-corrected chi connectivity index (χ2v) is 3.58. The van der Waals surface area contributed by atoms with Crippen LogP contribution < -0.4 is 5.73 Å². The van der Waals surface area contributed by atoms with Gasteiger partial charge in [-0.25, -0.2) is 4.39 Å². The summed E-state index contributed by atoms with van der Waals surface area (Å²) in [6.45, 7) is 1.57. The van der Waals surface area contributed by atoms with Crippen LogP contribution in [-0.4, -0.2) is 15.9 Å². The van der Waals surface area contributed by atoms with Crippen molar-refractivity contribution in [3.8, 4) is 11.1 Å². The second kappa shape index (κ2) is 4.29. The highest BCUT2D eigenvalue weighted by Gasteiger charge is 2.11. The predicted octanol–water partition coefficient (Wildman–Crippen LogP) is 1.69. The molecule has 86 valence electrons. The van der Waals surface area contributed by atoms with Crippen LogP contribution in [0.15, 0.2) is 30.7 Å². The van der Waals surface area contributed by atoms with Gasteiger partial charge in [0, 0.05) is 24.2 Å². The summed E-state index contributed by atoms with van der Waals surface area (Å²) in [7, 11) is 0. The van der Waals surface area contributed by atoms with Crippen molar-refractivity contribution in [1.82, 2.24) is 9.97 Å². The van der Waals surface area contributed by atoms with E-state index in [1.54, 1.807) is 13.0 Å². The molecule has 1 amide bonds. The van der Waals surface area contributed by atoms with Crippen molar-refractivity contribution in [3.63, 3.8) is 0 Å². The number of aryl methyl sites for hydroxylation is 1. The van der Waals surface area contributed by atoms with E-state index in [1.165, 1.54) is 24.7 Å². The summed E-state index contributed by atoms with van der Waals surface area (Å²) >= 11 is 0. The molecular formula is C12H10FN3O. The molecule has 4 nitrogen and oxygen atoms in total. The molecule has 0 aliphatic heterocycles. The minimum atomic E-state index is -0.603. The van der Waals surface area contributed by atoms with E-state index in [-0.39, 0.29) is 5.56 Å². The first-order valence-electron chi connectivity index (χ1n) is 4.96. The van der Waals surface area contributed by atoms with Crippen molar-refractivity contribution in [3.05, 3.63) is 47.8 Å². The fourth-order valence-corrected chi connectivity index (χ4v) is 1.50. The van der Waals surface area contributed by atoms with Crippen LogP contribution in [0.5, 0.6) is 0 Å². The summed E-state index contributed by atoms with van der Waals surface area (Å²) in [6, 6.07) is 2.93. The monoisotopic (exact) mass is 231 g/mol. The molecule has 2 aromatic rings. The summed E-state index contributed by atoms with van der Waals surface area (Å²) in [5, 5.41) is 0. The number of primary amides is 1. The van der Waals surface area contributed by atoms with E-state index in [9.17, 15) is 9.18 Å². The van der Waals surface area contributed by atoms with Crippen LogP contribution in [0.25, 0.3) is 11.1 Å². The highest BCUT2D eigenvalue weighted by atomic mass is 19.1. The molecular weight excluding hydrogens is 221 g/mol. The van der Waals surface area contributed by atoms with Crippen LogP contribution in [0.1, 0.15) is 16.1 Å². The average molecular weight is 231 g/mol. The molecule has 2 rings (SSSR count). The van der Waals surface area contributed by atoms with E-state index in [0.717, 1.165) is 0 Å². The van der Waals surface area contributed by atoms with Gasteiger partial charge in [0.25, 0.3) is 5.91 Å². The van der Waals surface area contributed by atoms with E-state index in [4.69, 9.17) is 5.73 Å². The maximum atomic E-state index is 13.4. The van der Waals surface area contributed by atoms with Crippen molar-refractivity contribution in [2.75, 3.05) is 0 Å². The molecule has 5 heteroatoms. The van der Waals surface area contributed by atoms with Crippen LogP contribution in [0.4, 0.5) is 4.39 Å². The van der Waals surface area contributed by atoms with Gasteiger partial charge in [0.05, 0.1) is 11.3 Å². The third kappa shape index (κ3) is 2.13. The van der Waals surface area contributed by atoms with Crippen LogP contribution in [0, 0.1) is 12.7 Å². The number of halogens is 1. The zero-order valence-electron chi connectivity index (χ0n) is 9.14. The van der Waals surface area contributed by atoms with Gasteiger partial charge in [-0.1, -0.05) is 0 Å². The number of pyridine rings is 2. The Balaban J connectivity index is 2.60. The van der Waals surface area contributed by atoms with Crippen molar-refractivity contribution in [2.24, 2.45) is 5.73 Å². The lowest BCUT2D eigenvalue weighted by Crippen LogP contribution is -2.12. The normalized spacial score (nSPS) is 10.2. The Kier molecular flexibility index (Phi) is 2.82. The zero-order chi connectivity index (χ0) is 12.4. The van der Waals surface area contributed by atoms with Gasteiger partial charge in [-0.3, -0.25) is 14.8 Å². The molecule has 0 spiro atoms. The first kappa shape index (κ1) is 11.2. The molecule has 17 heavy (non-hydrogen) atoms. The molecule has 0 aliphatic rings. The lowest BCUT2D eigenvalue weighted by molar-refractivity contribution is 0.100. The van der Waals surface area contributed by atoms with Gasteiger partial charge >= 0.3 is 0 Å². The summed E-state index contributed by atoms with van der Waals surface area (Å²) in [6.07, 6.45) is 4.37. The molecule has 0 saturated carbocycles. The van der Waals surface area contributed by atoms with Crippen molar-refractivity contribution in [2.45, 2.75) is 6.92 Å². The fraction of sp³-hybridized carbons (Fsp3) is 0.0833. The molecule has 0 unspecified atom stereocenters. The largest absolute Gasteiger partial charge is 0.366 e. The number of aromatic nitrogens is 2. The van der Waals surface area contributed by atoms with Gasteiger partial charge in [-0.05, 0) is 24.6 Å². The van der Waals surface area contributed by atoms with Crippen molar-refractivity contribution >= 4 is 5.91 Å². The Bertz CT molecular complexity index is 584. The number of carbonyl (C=O) groups excluding carboxylic acids is 1. The number of hydrogen-bond acceptors (Lipinski definition) is 3. The van der Waals surface area contributed by atoms with E-state index in [2.05, 4.69) is 9.97 Å². The Morgan fingerprint density at radius 3 is 2.82 bits per heavy atom. The van der Waals surface area contributed by atoms with Crippen LogP contribution in [0.2, 0.25) is 0 Å². The summed E-state index contributed by atoms with van der Waals surface area (Å²) in [5.74, 6) is -1.02. The Hall–Kier alpha value is -2.30. The molecule has 0 fully saturated rings. The van der Waals surface area contributed by atoms with Crippen molar-refractivity contribution < 1.29 is 9.18 Å². The predicted molar refractivity (Wildman–Crippen MR) is 60.7 cm³/mol. The van der Waals surface area contributed by atoms with E-state index < -0.39 is 11.7 Å².